The van der Waals surface area contributed by atoms with Crippen LogP contribution in [0, 0.1) is 0 Å². The van der Waals surface area contributed by atoms with Crippen LogP contribution in [0.1, 0.15) is 99.8 Å². The van der Waals surface area contributed by atoms with E-state index in [4.69, 9.17) is 35.6 Å². The molecule has 0 aromatic carbocycles. The molecular weight excluding hydrogens is 308 g/mol. The van der Waals surface area contributed by atoms with E-state index in [9.17, 15) is 14.7 Å². The highest BCUT2D eigenvalue weighted by Gasteiger charge is 2.34. The summed E-state index contributed by atoms with van der Waals surface area (Å²) in [6.07, 6.45) is -43.3. The first-order chi connectivity index (χ1) is 21.4. The van der Waals surface area contributed by atoms with Crippen LogP contribution < -0.4 is 0 Å². The number of rotatable bonds is 12. The van der Waals surface area contributed by atoms with Crippen LogP contribution >= 0.6 is 0 Å². The maximum atomic E-state index is 13.5. The highest BCUT2D eigenvalue weighted by Crippen LogP contribution is 2.28. The Bertz CT molecular complexity index is 1440. The summed E-state index contributed by atoms with van der Waals surface area (Å²) in [4.78, 5) is 26.7. The lowest BCUT2D eigenvalue weighted by Crippen LogP contribution is -2.25. The first-order valence-corrected chi connectivity index (χ1v) is 5.90. The van der Waals surface area contributed by atoms with E-state index in [1.54, 1.807) is 0 Å². The number of Topliss-reactive ketones (excluding diaryl/α,β-unsaturated/α-hetero) is 2. The van der Waals surface area contributed by atoms with Crippen molar-refractivity contribution >= 4 is 11.6 Å². The Kier molecular flexibility index (Phi) is 2.01. The number of methoxy groups -OCH3 is 2. The fraction of sp³-hybridized carbons (Fsp3) is 0.684. The van der Waals surface area contributed by atoms with Crippen LogP contribution in [0.2, 0.25) is 0 Å². The molecule has 5 heteroatoms. The number of carbonyl (C=O) groups excluding carboxylic acids is 2. The van der Waals surface area contributed by atoms with Crippen molar-refractivity contribution < 1.29 is 59.8 Å². The van der Waals surface area contributed by atoms with Gasteiger partial charge in [0.15, 0.2) is 0 Å². The standard InChI is InChI=1S/C19H30O5/c1-14-15(12-10-8-6-4-5-7-9-11-13-20)17(22)19(24-3)18(23-2)16(14)21/h20H,4-13H2,1-3H3/i1D3,2D3,4D2,5D2,6D2,7D2,8D2,9D2,10D2,11D2,12D2,13D2. The molecule has 0 atom stereocenters. The predicted octanol–water partition coefficient (Wildman–Crippen LogP) is 3.46. The van der Waals surface area contributed by atoms with Crippen LogP contribution in [-0.2, 0) is 19.1 Å². The zero-order valence-corrected chi connectivity index (χ0v) is 12.1. The minimum Gasteiger partial charge on any atom is -0.489 e. The van der Waals surface area contributed by atoms with Crippen molar-refractivity contribution in [3.05, 3.63) is 22.7 Å². The van der Waals surface area contributed by atoms with Gasteiger partial charge in [0.1, 0.15) is 0 Å². The number of aliphatic hydroxyl groups is 1. The van der Waals surface area contributed by atoms with E-state index >= 15 is 0 Å². The molecule has 1 aliphatic rings. The summed E-state index contributed by atoms with van der Waals surface area (Å²) in [6, 6.07) is 0. The van der Waals surface area contributed by atoms with Gasteiger partial charge in [-0.3, -0.25) is 9.59 Å². The number of hydrogen-bond acceptors (Lipinski definition) is 5. The van der Waals surface area contributed by atoms with Gasteiger partial charge in [0.2, 0.25) is 23.1 Å². The quantitative estimate of drug-likeness (QED) is 0.537. The van der Waals surface area contributed by atoms with E-state index in [1.807, 2.05) is 0 Å². The molecule has 1 aliphatic carbocycles. The Hall–Kier alpha value is -1.62. The largest absolute Gasteiger partial charge is 0.489 e. The van der Waals surface area contributed by atoms with E-state index in [-0.39, 0.29) is 0 Å². The van der Waals surface area contributed by atoms with Gasteiger partial charge >= 0.3 is 0 Å². The third-order valence-electron chi connectivity index (χ3n) is 2.31. The summed E-state index contributed by atoms with van der Waals surface area (Å²) in [6.45, 7) is -8.31. The Labute approximate surface area is 181 Å². The lowest BCUT2D eigenvalue weighted by atomic mass is 9.89. The average Bonchev–Trinajstić information content (AvgIpc) is 2.87. The van der Waals surface area contributed by atoms with Gasteiger partial charge in [0.25, 0.3) is 0 Å². The van der Waals surface area contributed by atoms with Crippen molar-refractivity contribution in [2.45, 2.75) is 64.2 Å². The second kappa shape index (κ2) is 11.0. The maximum absolute atomic E-state index is 13.5. The first-order valence-electron chi connectivity index (χ1n) is 18.9. The molecule has 1 rings (SSSR count). The van der Waals surface area contributed by atoms with Crippen LogP contribution in [0.3, 0.4) is 0 Å². The molecule has 0 spiro atoms. The Morgan fingerprint density at radius 1 is 0.917 bits per heavy atom. The fourth-order valence-electron chi connectivity index (χ4n) is 1.37. The molecule has 0 radical (unpaired) electrons. The lowest BCUT2D eigenvalue weighted by Gasteiger charge is -2.20. The second-order valence-electron chi connectivity index (χ2n) is 3.61. The summed E-state index contributed by atoms with van der Waals surface area (Å²) in [5.41, 5.74) is -4.15. The molecular formula is C19H30O5. The molecule has 1 N–H and O–H groups in total. The minimum atomic E-state index is -4.99. The molecule has 0 bridgehead atoms. The van der Waals surface area contributed by atoms with E-state index in [0.717, 1.165) is 0 Å². The van der Waals surface area contributed by atoms with Gasteiger partial charge in [-0.15, -0.1) is 0 Å². The first kappa shape index (κ1) is 4.37. The van der Waals surface area contributed by atoms with Crippen molar-refractivity contribution in [2.24, 2.45) is 0 Å². The third-order valence-corrected chi connectivity index (χ3v) is 2.31. The monoisotopic (exact) mass is 364 g/mol. The number of carbonyl (C=O) groups is 2. The normalized spacial score (nSPS) is 38.4. The highest BCUT2D eigenvalue weighted by atomic mass is 16.5. The number of ketones is 2. The van der Waals surface area contributed by atoms with E-state index < -0.39 is 112 Å². The topological polar surface area (TPSA) is 72.8 Å². The number of allylic oxidation sites excluding steroid dienone is 2. The number of hydrogen-bond donors (Lipinski definition) is 1. The molecule has 0 aromatic rings. The van der Waals surface area contributed by atoms with Crippen molar-refractivity contribution in [2.75, 3.05) is 20.7 Å². The third kappa shape index (κ3) is 5.48. The molecule has 0 amide bonds. The summed E-state index contributed by atoms with van der Waals surface area (Å²) in [5, 5.41) is 9.52. The molecule has 0 aliphatic heterocycles. The number of ether oxygens (including phenoxy) is 2. The van der Waals surface area contributed by atoms with Gasteiger partial charge in [-0.2, -0.15) is 0 Å². The van der Waals surface area contributed by atoms with Crippen LogP contribution in [0.5, 0.6) is 0 Å². The highest BCUT2D eigenvalue weighted by molar-refractivity contribution is 6.23. The zero-order valence-electron chi connectivity index (χ0n) is 38.1. The molecule has 0 fully saturated rings. The molecule has 0 saturated carbocycles. The molecule has 0 heterocycles. The van der Waals surface area contributed by atoms with Gasteiger partial charge in [-0.1, -0.05) is 38.2 Å². The molecule has 0 aromatic heterocycles. The summed E-state index contributed by atoms with van der Waals surface area (Å²) < 4.78 is 214. The van der Waals surface area contributed by atoms with Crippen LogP contribution in [0.4, 0.5) is 0 Å². The molecule has 0 unspecified atom stereocenters. The van der Waals surface area contributed by atoms with Gasteiger partial charge in [-0.05, 0) is 26.0 Å². The predicted molar refractivity (Wildman–Crippen MR) is 92.4 cm³/mol. The summed E-state index contributed by atoms with van der Waals surface area (Å²) in [7, 11) is -3.02. The summed E-state index contributed by atoms with van der Waals surface area (Å²) >= 11 is 0. The zero-order chi connectivity index (χ0) is 40.9. The van der Waals surface area contributed by atoms with Crippen LogP contribution in [-0.4, -0.2) is 37.4 Å². The van der Waals surface area contributed by atoms with Crippen molar-refractivity contribution in [1.29, 1.82) is 0 Å². The SMILES string of the molecule is [2H]C([2H])([2H])OC1=C(OC)C(=O)C(C([2H])([2H])C([2H])([2H])C([2H])([2H])C([2H])([2H])C([2H])([2H])C([2H])([2H])C([2H])([2H])C([2H])([2H])C([2H])([2H])C([2H])([2H])O)=C(C([2H])([2H])[2H])C1=O. The molecule has 5 nitrogen and oxygen atoms in total. The maximum Gasteiger partial charge on any atom is 0.228 e. The van der Waals surface area contributed by atoms with Crippen molar-refractivity contribution in [1.82, 2.24) is 0 Å². The van der Waals surface area contributed by atoms with Gasteiger partial charge in [-0.25, -0.2) is 0 Å². The van der Waals surface area contributed by atoms with E-state index in [1.165, 1.54) is 0 Å². The smallest absolute Gasteiger partial charge is 0.228 e. The molecule has 0 saturated heterocycles. The lowest BCUT2D eigenvalue weighted by molar-refractivity contribution is -0.121. The summed E-state index contributed by atoms with van der Waals surface area (Å²) in [5.74, 6) is -7.44. The second-order valence-corrected chi connectivity index (χ2v) is 3.61. The van der Waals surface area contributed by atoms with Crippen molar-refractivity contribution in [3.63, 3.8) is 0 Å². The van der Waals surface area contributed by atoms with Gasteiger partial charge in [0, 0.05) is 46.5 Å². The van der Waals surface area contributed by atoms with E-state index in [2.05, 4.69) is 9.47 Å². The molecule has 24 heavy (non-hydrogen) atoms. The fourth-order valence-corrected chi connectivity index (χ4v) is 1.37. The van der Waals surface area contributed by atoms with Crippen molar-refractivity contribution in [3.8, 4) is 0 Å². The minimum absolute atomic E-state index is 0.567. The van der Waals surface area contributed by atoms with Gasteiger partial charge in [0.05, 0.1) is 21.0 Å². The van der Waals surface area contributed by atoms with Crippen LogP contribution in [0.25, 0.3) is 0 Å². The Morgan fingerprint density at radius 2 is 1.50 bits per heavy atom. The Balaban J connectivity index is 4.19. The Morgan fingerprint density at radius 3 is 2.04 bits per heavy atom. The van der Waals surface area contributed by atoms with Gasteiger partial charge < -0.3 is 14.6 Å². The average molecular weight is 365 g/mol. The molecule has 136 valence electrons. The van der Waals surface area contributed by atoms with Crippen LogP contribution in [0.15, 0.2) is 22.7 Å². The van der Waals surface area contributed by atoms with E-state index in [0.29, 0.717) is 7.11 Å².